The number of unbranched alkanes of at least 4 members (excludes halogenated alkanes) is 2. The maximum atomic E-state index is 12.0. The summed E-state index contributed by atoms with van der Waals surface area (Å²) in [6.07, 6.45) is 4.48. The highest BCUT2D eigenvalue weighted by Crippen LogP contribution is 2.39. The molecule has 4 rings (SSSR count). The lowest BCUT2D eigenvalue weighted by Crippen LogP contribution is -2.07. The number of fused-ring (bicyclic) bond motifs is 2. The third kappa shape index (κ3) is 5.45. The highest BCUT2D eigenvalue weighted by molar-refractivity contribution is 5.85. The van der Waals surface area contributed by atoms with Gasteiger partial charge in [-0.1, -0.05) is 12.1 Å². The number of aromatic hydroxyl groups is 1. The van der Waals surface area contributed by atoms with Crippen molar-refractivity contribution in [3.63, 3.8) is 0 Å². The number of esters is 1. The maximum absolute atomic E-state index is 12.0. The number of carboxylic acid groups (broad SMARTS) is 1. The summed E-state index contributed by atoms with van der Waals surface area (Å²) in [6, 6.07) is 8.64. The first-order valence-electron chi connectivity index (χ1n) is 11.0. The molecule has 10 nitrogen and oxygen atoms in total. The second-order valence-corrected chi connectivity index (χ2v) is 7.92. The van der Waals surface area contributed by atoms with Gasteiger partial charge in [0, 0.05) is 24.1 Å². The van der Waals surface area contributed by atoms with Crippen molar-refractivity contribution < 1.29 is 34.0 Å². The third-order valence-electron chi connectivity index (χ3n) is 5.40. The summed E-state index contributed by atoms with van der Waals surface area (Å²) in [7, 11) is 0. The Kier molecular flexibility index (Phi) is 6.95. The molecule has 0 aliphatic carbocycles. The van der Waals surface area contributed by atoms with Crippen LogP contribution in [-0.2, 0) is 20.7 Å². The van der Waals surface area contributed by atoms with Crippen LogP contribution in [0.1, 0.15) is 38.2 Å². The van der Waals surface area contributed by atoms with Crippen LogP contribution in [0, 0.1) is 0 Å². The molecule has 0 unspecified atom stereocenters. The fourth-order valence-electron chi connectivity index (χ4n) is 3.46. The van der Waals surface area contributed by atoms with Gasteiger partial charge in [-0.15, -0.1) is 15.0 Å². The van der Waals surface area contributed by atoms with Gasteiger partial charge in [-0.25, -0.2) is 4.79 Å². The first-order valence-corrected chi connectivity index (χ1v) is 11.0. The van der Waals surface area contributed by atoms with E-state index in [2.05, 4.69) is 10.2 Å². The number of aryl methyl sites for hydroxylation is 1. The van der Waals surface area contributed by atoms with Gasteiger partial charge in [0.2, 0.25) is 6.79 Å². The molecule has 1 aliphatic rings. The summed E-state index contributed by atoms with van der Waals surface area (Å²) in [5.74, 6) is -0.248. The van der Waals surface area contributed by atoms with Crippen LogP contribution in [0.15, 0.2) is 42.0 Å². The molecule has 0 saturated heterocycles. The van der Waals surface area contributed by atoms with Crippen LogP contribution in [0.5, 0.6) is 17.2 Å². The number of rotatable bonds is 10. The molecule has 2 aromatic carbocycles. The number of benzene rings is 2. The molecule has 178 valence electrons. The number of aromatic nitrogens is 3. The van der Waals surface area contributed by atoms with Gasteiger partial charge in [0.15, 0.2) is 11.5 Å². The van der Waals surface area contributed by atoms with E-state index in [1.165, 1.54) is 10.9 Å². The van der Waals surface area contributed by atoms with E-state index in [0.29, 0.717) is 59.7 Å². The number of ether oxygens (including phenoxy) is 3. The Morgan fingerprint density at radius 1 is 1.12 bits per heavy atom. The standard InChI is InChI=1S/C24H25N3O7/c1-15(24(30)31)5-3-2-4-10-32-23(29)9-7-16-6-8-17-18(11-16)26-27(25-17)19-12-21-22(13-20(19)28)34-14-33-21/h5-6,8,11-13,28H,2-4,7,9-10,14H2,1H3,(H,30,31)/b15-5+. The zero-order valence-corrected chi connectivity index (χ0v) is 18.7. The topological polar surface area (TPSA) is 133 Å². The molecular weight excluding hydrogens is 442 g/mol. The molecule has 0 bridgehead atoms. The molecule has 10 heteroatoms. The lowest BCUT2D eigenvalue weighted by Gasteiger charge is -2.04. The molecule has 1 aromatic heterocycles. The Bertz CT molecular complexity index is 1250. The fraction of sp³-hybridized carbons (Fsp3) is 0.333. The van der Waals surface area contributed by atoms with Crippen LogP contribution in [0.25, 0.3) is 16.7 Å². The molecule has 1 aliphatic heterocycles. The monoisotopic (exact) mass is 467 g/mol. The number of nitrogens with zero attached hydrogens (tertiary/aromatic N) is 3. The number of aliphatic carboxylic acids is 1. The molecule has 2 N–H and O–H groups in total. The minimum Gasteiger partial charge on any atom is -0.505 e. The van der Waals surface area contributed by atoms with E-state index in [4.69, 9.17) is 19.3 Å². The quantitative estimate of drug-likeness (QED) is 0.261. The SMILES string of the molecule is C/C(=C\CCCCOC(=O)CCc1ccc2nn(-c3cc4c(cc3O)OCO4)nc2c1)C(=O)O. The van der Waals surface area contributed by atoms with Gasteiger partial charge in [0.1, 0.15) is 22.5 Å². The smallest absolute Gasteiger partial charge is 0.330 e. The van der Waals surface area contributed by atoms with Crippen molar-refractivity contribution in [2.45, 2.75) is 39.0 Å². The molecule has 0 fully saturated rings. The van der Waals surface area contributed by atoms with E-state index >= 15 is 0 Å². The van der Waals surface area contributed by atoms with Crippen LogP contribution in [-0.4, -0.2) is 50.5 Å². The summed E-state index contributed by atoms with van der Waals surface area (Å²) < 4.78 is 15.9. The molecule has 0 radical (unpaired) electrons. The van der Waals surface area contributed by atoms with Crippen LogP contribution < -0.4 is 9.47 Å². The van der Waals surface area contributed by atoms with E-state index in [-0.39, 0.29) is 24.9 Å². The van der Waals surface area contributed by atoms with Gasteiger partial charge in [0.25, 0.3) is 0 Å². The Labute approximate surface area is 195 Å². The molecular formula is C24H25N3O7. The van der Waals surface area contributed by atoms with Crippen molar-refractivity contribution >= 4 is 23.0 Å². The number of allylic oxidation sites excluding steroid dienone is 1. The normalized spacial score (nSPS) is 12.8. The van der Waals surface area contributed by atoms with Crippen molar-refractivity contribution in [3.05, 3.63) is 47.5 Å². The van der Waals surface area contributed by atoms with Crippen molar-refractivity contribution in [1.29, 1.82) is 0 Å². The molecule has 0 amide bonds. The van der Waals surface area contributed by atoms with Gasteiger partial charge in [0.05, 0.1) is 6.61 Å². The molecule has 0 atom stereocenters. The predicted octanol–water partition coefficient (Wildman–Crippen LogP) is 3.53. The third-order valence-corrected chi connectivity index (χ3v) is 5.40. The Hall–Kier alpha value is -4.08. The number of phenolic OH excluding ortho intramolecular Hbond substituents is 1. The molecule has 2 heterocycles. The van der Waals surface area contributed by atoms with E-state index in [1.54, 1.807) is 19.1 Å². The summed E-state index contributed by atoms with van der Waals surface area (Å²) in [6.45, 7) is 1.97. The number of carbonyl (C=O) groups excluding carboxylic acids is 1. The van der Waals surface area contributed by atoms with Crippen molar-refractivity contribution in [3.8, 4) is 22.9 Å². The number of phenols is 1. The minimum absolute atomic E-state index is 0.0273. The highest BCUT2D eigenvalue weighted by Gasteiger charge is 2.19. The van der Waals surface area contributed by atoms with Crippen molar-refractivity contribution in [1.82, 2.24) is 15.0 Å². The molecule has 34 heavy (non-hydrogen) atoms. The first-order chi connectivity index (χ1) is 16.4. The van der Waals surface area contributed by atoms with Gasteiger partial charge in [-0.2, -0.15) is 0 Å². The fourth-order valence-corrected chi connectivity index (χ4v) is 3.46. The largest absolute Gasteiger partial charge is 0.505 e. The van der Waals surface area contributed by atoms with Gasteiger partial charge < -0.3 is 24.4 Å². The van der Waals surface area contributed by atoms with Gasteiger partial charge >= 0.3 is 11.9 Å². The van der Waals surface area contributed by atoms with E-state index in [9.17, 15) is 14.7 Å². The summed E-state index contributed by atoms with van der Waals surface area (Å²) in [5, 5.41) is 28.0. The second kappa shape index (κ2) is 10.2. The van der Waals surface area contributed by atoms with Crippen molar-refractivity contribution in [2.75, 3.05) is 13.4 Å². The Morgan fingerprint density at radius 3 is 2.68 bits per heavy atom. The maximum Gasteiger partial charge on any atom is 0.330 e. The van der Waals surface area contributed by atoms with Crippen LogP contribution in [0.4, 0.5) is 0 Å². The average Bonchev–Trinajstić information content (AvgIpc) is 3.44. The zero-order chi connectivity index (χ0) is 24.1. The van der Waals surface area contributed by atoms with E-state index in [0.717, 1.165) is 12.0 Å². The predicted molar refractivity (Wildman–Crippen MR) is 121 cm³/mol. The Morgan fingerprint density at radius 2 is 1.88 bits per heavy atom. The van der Waals surface area contributed by atoms with Gasteiger partial charge in [-0.05, 0) is 50.3 Å². The number of hydrogen-bond acceptors (Lipinski definition) is 8. The summed E-state index contributed by atoms with van der Waals surface area (Å²) in [4.78, 5) is 24.1. The van der Waals surface area contributed by atoms with Gasteiger partial charge in [-0.3, -0.25) is 4.79 Å². The van der Waals surface area contributed by atoms with Crippen LogP contribution in [0.2, 0.25) is 0 Å². The lowest BCUT2D eigenvalue weighted by atomic mass is 10.1. The molecule has 0 spiro atoms. The first kappa shape index (κ1) is 23.1. The molecule has 0 saturated carbocycles. The van der Waals surface area contributed by atoms with Crippen LogP contribution >= 0.6 is 0 Å². The average molecular weight is 467 g/mol. The summed E-state index contributed by atoms with van der Waals surface area (Å²) in [5.41, 5.74) is 2.89. The zero-order valence-electron chi connectivity index (χ0n) is 18.7. The minimum atomic E-state index is -0.918. The Balaban J connectivity index is 1.29. The van der Waals surface area contributed by atoms with Crippen LogP contribution in [0.3, 0.4) is 0 Å². The highest BCUT2D eigenvalue weighted by atomic mass is 16.7. The second-order valence-electron chi connectivity index (χ2n) is 7.92. The molecule has 3 aromatic rings. The number of carboxylic acids is 1. The number of carbonyl (C=O) groups is 2. The van der Waals surface area contributed by atoms with Crippen molar-refractivity contribution in [2.24, 2.45) is 0 Å². The van der Waals surface area contributed by atoms with E-state index in [1.807, 2.05) is 18.2 Å². The number of hydrogen-bond donors (Lipinski definition) is 2. The lowest BCUT2D eigenvalue weighted by molar-refractivity contribution is -0.143. The summed E-state index contributed by atoms with van der Waals surface area (Å²) >= 11 is 0. The van der Waals surface area contributed by atoms with E-state index < -0.39 is 5.97 Å².